The summed E-state index contributed by atoms with van der Waals surface area (Å²) in [5, 5.41) is 12.0. The van der Waals surface area contributed by atoms with E-state index < -0.39 is 9.84 Å². The molecule has 0 aliphatic carbocycles. The maximum Gasteiger partial charge on any atom is 0.234 e. The highest BCUT2D eigenvalue weighted by Gasteiger charge is 2.21. The number of thioether (sulfide) groups is 1. The summed E-state index contributed by atoms with van der Waals surface area (Å²) >= 11 is 7.26. The quantitative estimate of drug-likeness (QED) is 0.368. The maximum absolute atomic E-state index is 12.7. The van der Waals surface area contributed by atoms with E-state index in [0.717, 1.165) is 5.56 Å². The van der Waals surface area contributed by atoms with Crippen LogP contribution in [0.25, 0.3) is 0 Å². The zero-order valence-corrected chi connectivity index (χ0v) is 19.2. The molecule has 0 unspecified atom stereocenters. The largest absolute Gasteiger partial charge is 0.325 e. The van der Waals surface area contributed by atoms with Crippen LogP contribution < -0.4 is 5.32 Å². The minimum atomic E-state index is -3.58. The molecule has 3 rings (SSSR count). The molecule has 0 aliphatic rings. The van der Waals surface area contributed by atoms with Crippen LogP contribution in [0.2, 0.25) is 5.02 Å². The Hall–Kier alpha value is -2.62. The predicted molar refractivity (Wildman–Crippen MR) is 123 cm³/mol. The number of anilines is 1. The Morgan fingerprint density at radius 3 is 2.65 bits per heavy atom. The predicted octanol–water partition coefficient (Wildman–Crippen LogP) is 4.13. The molecule has 2 aromatic carbocycles. The van der Waals surface area contributed by atoms with Crippen molar-refractivity contribution in [3.05, 3.63) is 77.6 Å². The number of aromatic nitrogens is 3. The Labute approximate surface area is 190 Å². The third kappa shape index (κ3) is 5.75. The first-order valence-electron chi connectivity index (χ1n) is 9.30. The Kier molecular flexibility index (Phi) is 7.53. The van der Waals surface area contributed by atoms with Crippen LogP contribution in [0.1, 0.15) is 11.4 Å². The number of carbonyl (C=O) groups is 1. The zero-order chi connectivity index (χ0) is 22.4. The molecule has 1 amide bonds. The molecule has 0 radical (unpaired) electrons. The average Bonchev–Trinajstić information content (AvgIpc) is 3.11. The molecule has 0 spiro atoms. The van der Waals surface area contributed by atoms with Gasteiger partial charge in [0.05, 0.1) is 10.6 Å². The second-order valence-electron chi connectivity index (χ2n) is 6.62. The Morgan fingerprint density at radius 1 is 1.19 bits per heavy atom. The summed E-state index contributed by atoms with van der Waals surface area (Å²) in [7, 11) is -3.58. The van der Waals surface area contributed by atoms with Gasteiger partial charge in [0.15, 0.2) is 15.0 Å². The number of amides is 1. The second kappa shape index (κ2) is 10.1. The minimum absolute atomic E-state index is 0.0761. The van der Waals surface area contributed by atoms with Gasteiger partial charge in [0.2, 0.25) is 5.91 Å². The topological polar surface area (TPSA) is 93.9 Å². The molecule has 1 heterocycles. The van der Waals surface area contributed by atoms with Gasteiger partial charge in [-0.1, -0.05) is 53.7 Å². The van der Waals surface area contributed by atoms with Crippen molar-refractivity contribution in [2.75, 3.05) is 11.1 Å². The molecule has 0 aliphatic heterocycles. The summed E-state index contributed by atoms with van der Waals surface area (Å²) in [6.07, 6.45) is 1.63. The number of carbonyl (C=O) groups excluding carboxylic acids is 1. The summed E-state index contributed by atoms with van der Waals surface area (Å²) in [6, 6.07) is 13.5. The van der Waals surface area contributed by atoms with Crippen molar-refractivity contribution in [2.24, 2.45) is 0 Å². The summed E-state index contributed by atoms with van der Waals surface area (Å²) in [5.74, 6) is -0.168. The van der Waals surface area contributed by atoms with E-state index in [1.807, 2.05) is 6.92 Å². The van der Waals surface area contributed by atoms with Gasteiger partial charge >= 0.3 is 0 Å². The molecule has 0 bridgehead atoms. The van der Waals surface area contributed by atoms with Crippen LogP contribution in [0.4, 0.5) is 5.69 Å². The van der Waals surface area contributed by atoms with E-state index in [2.05, 4.69) is 22.1 Å². The van der Waals surface area contributed by atoms with Crippen LogP contribution in [-0.4, -0.2) is 34.8 Å². The number of nitrogens with one attached hydrogen (secondary N) is 1. The molecule has 0 atom stereocenters. The number of halogens is 1. The van der Waals surface area contributed by atoms with Gasteiger partial charge in [0.25, 0.3) is 0 Å². The van der Waals surface area contributed by atoms with E-state index in [1.54, 1.807) is 59.2 Å². The second-order valence-corrected chi connectivity index (χ2v) is 9.96. The van der Waals surface area contributed by atoms with E-state index in [4.69, 9.17) is 11.6 Å². The van der Waals surface area contributed by atoms with Gasteiger partial charge in [-0.15, -0.1) is 16.8 Å². The number of rotatable bonds is 9. The third-order valence-corrected chi connectivity index (χ3v) is 7.41. The summed E-state index contributed by atoms with van der Waals surface area (Å²) in [4.78, 5) is 12.6. The normalized spacial score (nSPS) is 11.3. The maximum atomic E-state index is 12.7. The highest BCUT2D eigenvalue weighted by molar-refractivity contribution is 7.99. The van der Waals surface area contributed by atoms with Crippen molar-refractivity contribution in [3.63, 3.8) is 0 Å². The number of hydrogen-bond donors (Lipinski definition) is 1. The van der Waals surface area contributed by atoms with Gasteiger partial charge in [-0.25, -0.2) is 8.42 Å². The van der Waals surface area contributed by atoms with E-state index in [9.17, 15) is 13.2 Å². The van der Waals surface area contributed by atoms with Crippen LogP contribution in [0.3, 0.4) is 0 Å². The smallest absolute Gasteiger partial charge is 0.234 e. The minimum Gasteiger partial charge on any atom is -0.325 e. The Balaban J connectivity index is 1.72. The van der Waals surface area contributed by atoms with E-state index in [1.165, 1.54) is 11.8 Å². The van der Waals surface area contributed by atoms with Gasteiger partial charge in [0.1, 0.15) is 11.6 Å². The highest BCUT2D eigenvalue weighted by atomic mass is 35.5. The third-order valence-electron chi connectivity index (χ3n) is 4.40. The number of benzene rings is 2. The molecule has 1 aromatic heterocycles. The molecular formula is C21H21ClN4O3S2. The van der Waals surface area contributed by atoms with Crippen LogP contribution >= 0.6 is 23.4 Å². The first-order valence-corrected chi connectivity index (χ1v) is 12.3. The zero-order valence-electron chi connectivity index (χ0n) is 16.8. The number of nitrogens with zero attached hydrogens (tertiary/aromatic N) is 3. The molecular weight excluding hydrogens is 456 g/mol. The molecule has 3 aromatic rings. The Morgan fingerprint density at radius 2 is 1.94 bits per heavy atom. The summed E-state index contributed by atoms with van der Waals surface area (Å²) in [5.41, 5.74) is 1.42. The summed E-state index contributed by atoms with van der Waals surface area (Å²) < 4.78 is 27.1. The molecule has 1 N–H and O–H groups in total. The van der Waals surface area contributed by atoms with Gasteiger partial charge < -0.3 is 9.88 Å². The SMILES string of the molecule is C=CCn1c(CS(=O)(=O)c2ccccc2)nnc1SCC(=O)Nc1cccc(Cl)c1C. The summed E-state index contributed by atoms with van der Waals surface area (Å²) in [6.45, 7) is 5.86. The van der Waals surface area contributed by atoms with E-state index in [0.29, 0.717) is 22.4 Å². The fourth-order valence-electron chi connectivity index (χ4n) is 2.79. The molecule has 0 saturated carbocycles. The lowest BCUT2D eigenvalue weighted by atomic mass is 10.2. The van der Waals surface area contributed by atoms with Gasteiger partial charge in [-0.2, -0.15) is 0 Å². The van der Waals surface area contributed by atoms with Gasteiger partial charge in [-0.3, -0.25) is 4.79 Å². The van der Waals surface area contributed by atoms with Gasteiger partial charge in [-0.05, 0) is 36.8 Å². The molecule has 0 saturated heterocycles. The Bertz CT molecular complexity index is 1190. The van der Waals surface area contributed by atoms with Gasteiger partial charge in [0, 0.05) is 17.3 Å². The van der Waals surface area contributed by atoms with Crippen molar-refractivity contribution in [1.29, 1.82) is 0 Å². The van der Waals surface area contributed by atoms with Crippen molar-refractivity contribution < 1.29 is 13.2 Å². The van der Waals surface area contributed by atoms with Crippen LogP contribution in [0.15, 0.2) is 71.2 Å². The highest BCUT2D eigenvalue weighted by Crippen LogP contribution is 2.24. The lowest BCUT2D eigenvalue weighted by Gasteiger charge is -2.10. The first kappa shape index (κ1) is 23.1. The van der Waals surface area contributed by atoms with E-state index in [-0.39, 0.29) is 28.1 Å². The van der Waals surface area contributed by atoms with Crippen LogP contribution in [-0.2, 0) is 26.9 Å². The van der Waals surface area contributed by atoms with Crippen molar-refractivity contribution in [2.45, 2.75) is 29.3 Å². The average molecular weight is 477 g/mol. The molecule has 31 heavy (non-hydrogen) atoms. The van der Waals surface area contributed by atoms with Crippen molar-refractivity contribution in [1.82, 2.24) is 14.8 Å². The lowest BCUT2D eigenvalue weighted by Crippen LogP contribution is -2.16. The molecule has 0 fully saturated rings. The van der Waals surface area contributed by atoms with Crippen molar-refractivity contribution >= 4 is 44.8 Å². The lowest BCUT2D eigenvalue weighted by molar-refractivity contribution is -0.113. The van der Waals surface area contributed by atoms with Crippen molar-refractivity contribution in [3.8, 4) is 0 Å². The first-order chi connectivity index (χ1) is 14.8. The number of allylic oxidation sites excluding steroid dienone is 1. The number of sulfone groups is 1. The molecule has 7 nitrogen and oxygen atoms in total. The monoisotopic (exact) mass is 476 g/mol. The standard InChI is InChI=1S/C21H21ClN4O3S2/c1-3-12-26-19(14-31(28,29)16-8-5-4-6-9-16)24-25-21(26)30-13-20(27)23-18-11-7-10-17(22)15(18)2/h3-11H,1,12-14H2,2H3,(H,23,27). The van der Waals surface area contributed by atoms with Crippen LogP contribution in [0, 0.1) is 6.92 Å². The fourth-order valence-corrected chi connectivity index (χ4v) is 5.02. The molecule has 10 heteroatoms. The number of hydrogen-bond acceptors (Lipinski definition) is 6. The van der Waals surface area contributed by atoms with E-state index >= 15 is 0 Å². The van der Waals surface area contributed by atoms with Crippen LogP contribution in [0.5, 0.6) is 0 Å². The fraction of sp³-hybridized carbons (Fsp3) is 0.190. The molecule has 162 valence electrons.